The second-order valence-electron chi connectivity index (χ2n) is 7.64. The highest BCUT2D eigenvalue weighted by Crippen LogP contribution is 2.31. The Morgan fingerprint density at radius 2 is 1.72 bits per heavy atom. The SMILES string of the molecule is Cc1ccccc1C(=O)N1CCC2(CC1)NC(=O)N(Cc1ccc(Cl)cc1)C2=O. The number of imide groups is 1. The molecule has 6 nitrogen and oxygen atoms in total. The molecule has 0 atom stereocenters. The van der Waals surface area contributed by atoms with E-state index < -0.39 is 5.54 Å². The van der Waals surface area contributed by atoms with Crippen LogP contribution in [0.4, 0.5) is 4.79 Å². The van der Waals surface area contributed by atoms with Crippen LogP contribution in [-0.4, -0.2) is 46.3 Å². The first-order valence-electron chi connectivity index (χ1n) is 9.63. The predicted octanol–water partition coefficient (Wildman–Crippen LogP) is 3.38. The monoisotopic (exact) mass is 411 g/mol. The molecule has 2 heterocycles. The van der Waals surface area contributed by atoms with Crippen LogP contribution in [0.3, 0.4) is 0 Å². The van der Waals surface area contributed by atoms with Crippen LogP contribution in [0.15, 0.2) is 48.5 Å². The van der Waals surface area contributed by atoms with E-state index in [0.29, 0.717) is 36.5 Å². The van der Waals surface area contributed by atoms with Crippen molar-refractivity contribution in [2.24, 2.45) is 0 Å². The van der Waals surface area contributed by atoms with Crippen LogP contribution in [0.2, 0.25) is 5.02 Å². The number of aryl methyl sites for hydroxylation is 1. The third kappa shape index (κ3) is 3.60. The van der Waals surface area contributed by atoms with E-state index in [1.807, 2.05) is 31.2 Å². The normalized spacial score (nSPS) is 18.3. The maximum absolute atomic E-state index is 13.1. The molecule has 2 aliphatic heterocycles. The number of amides is 4. The number of urea groups is 1. The molecule has 0 unspecified atom stereocenters. The molecule has 2 fully saturated rings. The lowest BCUT2D eigenvalue weighted by molar-refractivity contribution is -0.133. The lowest BCUT2D eigenvalue weighted by Crippen LogP contribution is -2.55. The first-order chi connectivity index (χ1) is 13.9. The van der Waals surface area contributed by atoms with E-state index in [0.717, 1.165) is 11.1 Å². The molecule has 2 aromatic rings. The van der Waals surface area contributed by atoms with Crippen molar-refractivity contribution in [3.8, 4) is 0 Å². The number of benzene rings is 2. The molecule has 4 rings (SSSR count). The Labute approximate surface area is 174 Å². The lowest BCUT2D eigenvalue weighted by atomic mass is 9.87. The number of hydrogen-bond acceptors (Lipinski definition) is 3. The van der Waals surface area contributed by atoms with E-state index in [4.69, 9.17) is 11.6 Å². The summed E-state index contributed by atoms with van der Waals surface area (Å²) in [5, 5.41) is 3.49. The van der Waals surface area contributed by atoms with Crippen LogP contribution in [-0.2, 0) is 11.3 Å². The highest BCUT2D eigenvalue weighted by molar-refractivity contribution is 6.30. The second-order valence-corrected chi connectivity index (χ2v) is 8.07. The van der Waals surface area contributed by atoms with Gasteiger partial charge in [-0.2, -0.15) is 0 Å². The van der Waals surface area contributed by atoms with E-state index in [1.54, 1.807) is 29.2 Å². The highest BCUT2D eigenvalue weighted by atomic mass is 35.5. The quantitative estimate of drug-likeness (QED) is 0.787. The summed E-state index contributed by atoms with van der Waals surface area (Å²) in [6.07, 6.45) is 0.818. The van der Waals surface area contributed by atoms with Gasteiger partial charge in [-0.1, -0.05) is 41.9 Å². The van der Waals surface area contributed by atoms with Gasteiger partial charge in [0.25, 0.3) is 11.8 Å². The largest absolute Gasteiger partial charge is 0.338 e. The van der Waals surface area contributed by atoms with Gasteiger partial charge < -0.3 is 10.2 Å². The molecule has 2 aromatic carbocycles. The van der Waals surface area contributed by atoms with Crippen LogP contribution in [0, 0.1) is 6.92 Å². The van der Waals surface area contributed by atoms with Gasteiger partial charge >= 0.3 is 6.03 Å². The molecule has 0 aromatic heterocycles. The summed E-state index contributed by atoms with van der Waals surface area (Å²) < 4.78 is 0. The van der Waals surface area contributed by atoms with Gasteiger partial charge in [-0.15, -0.1) is 0 Å². The Morgan fingerprint density at radius 3 is 2.38 bits per heavy atom. The smallest absolute Gasteiger partial charge is 0.325 e. The molecule has 7 heteroatoms. The van der Waals surface area contributed by atoms with Crippen LogP contribution in [0.25, 0.3) is 0 Å². The van der Waals surface area contributed by atoms with Gasteiger partial charge in [0, 0.05) is 23.7 Å². The summed E-state index contributed by atoms with van der Waals surface area (Å²) in [4.78, 5) is 41.4. The number of likely N-dealkylation sites (tertiary alicyclic amines) is 1. The molecule has 29 heavy (non-hydrogen) atoms. The fourth-order valence-electron chi connectivity index (χ4n) is 4.01. The van der Waals surface area contributed by atoms with E-state index in [2.05, 4.69) is 5.32 Å². The molecule has 2 saturated heterocycles. The summed E-state index contributed by atoms with van der Waals surface area (Å²) in [5.74, 6) is -0.256. The average molecular weight is 412 g/mol. The van der Waals surface area contributed by atoms with E-state index in [9.17, 15) is 14.4 Å². The molecule has 1 N–H and O–H groups in total. The number of piperidine rings is 1. The number of carbonyl (C=O) groups is 3. The van der Waals surface area contributed by atoms with E-state index >= 15 is 0 Å². The van der Waals surface area contributed by atoms with Gasteiger partial charge in [-0.25, -0.2) is 4.79 Å². The van der Waals surface area contributed by atoms with Gasteiger partial charge in [0.1, 0.15) is 5.54 Å². The summed E-state index contributed by atoms with van der Waals surface area (Å²) in [6, 6.07) is 14.2. The van der Waals surface area contributed by atoms with E-state index in [1.165, 1.54) is 4.90 Å². The molecule has 0 bridgehead atoms. The van der Waals surface area contributed by atoms with Gasteiger partial charge in [0.2, 0.25) is 0 Å². The number of halogens is 1. The summed E-state index contributed by atoms with van der Waals surface area (Å²) in [6.45, 7) is 2.96. The first kappa shape index (κ1) is 19.5. The molecule has 0 radical (unpaired) electrons. The van der Waals surface area contributed by atoms with Crippen molar-refractivity contribution < 1.29 is 14.4 Å². The molecule has 1 spiro atoms. The zero-order valence-electron chi connectivity index (χ0n) is 16.2. The Bertz CT molecular complexity index is 966. The highest BCUT2D eigenvalue weighted by Gasteiger charge is 2.52. The molecule has 2 aliphatic rings. The lowest BCUT2D eigenvalue weighted by Gasteiger charge is -2.37. The maximum Gasteiger partial charge on any atom is 0.325 e. The van der Waals surface area contributed by atoms with Crippen molar-refractivity contribution in [1.82, 2.24) is 15.1 Å². The molecular formula is C22H22ClN3O3. The third-order valence-electron chi connectivity index (χ3n) is 5.78. The van der Waals surface area contributed by atoms with Crippen LogP contribution < -0.4 is 5.32 Å². The minimum absolute atomic E-state index is 0.0345. The first-order valence-corrected chi connectivity index (χ1v) is 10.0. The summed E-state index contributed by atoms with van der Waals surface area (Å²) in [5.41, 5.74) is 1.51. The van der Waals surface area contributed by atoms with Crippen molar-refractivity contribution in [3.63, 3.8) is 0 Å². The Morgan fingerprint density at radius 1 is 1.07 bits per heavy atom. The molecule has 4 amide bonds. The zero-order chi connectivity index (χ0) is 20.6. The van der Waals surface area contributed by atoms with Gasteiger partial charge in [-0.05, 0) is 49.1 Å². The number of carbonyl (C=O) groups excluding carboxylic acids is 3. The van der Waals surface area contributed by atoms with Crippen molar-refractivity contribution in [3.05, 3.63) is 70.2 Å². The van der Waals surface area contributed by atoms with Crippen LogP contribution >= 0.6 is 11.6 Å². The van der Waals surface area contributed by atoms with Crippen molar-refractivity contribution >= 4 is 29.4 Å². The van der Waals surface area contributed by atoms with Crippen molar-refractivity contribution in [1.29, 1.82) is 0 Å². The van der Waals surface area contributed by atoms with Crippen molar-refractivity contribution in [2.75, 3.05) is 13.1 Å². The summed E-state index contributed by atoms with van der Waals surface area (Å²) in [7, 11) is 0. The number of nitrogens with zero attached hydrogens (tertiary/aromatic N) is 2. The Kier molecular flexibility index (Phi) is 5.04. The van der Waals surface area contributed by atoms with Crippen molar-refractivity contribution in [2.45, 2.75) is 31.8 Å². The fourth-order valence-corrected chi connectivity index (χ4v) is 4.13. The molecule has 0 aliphatic carbocycles. The number of rotatable bonds is 3. The van der Waals surface area contributed by atoms with Crippen LogP contribution in [0.1, 0.15) is 34.3 Å². The van der Waals surface area contributed by atoms with Gasteiger partial charge in [0.15, 0.2) is 0 Å². The van der Waals surface area contributed by atoms with Gasteiger partial charge in [0.05, 0.1) is 6.54 Å². The minimum atomic E-state index is -0.925. The average Bonchev–Trinajstić information content (AvgIpc) is 2.94. The number of nitrogens with one attached hydrogen (secondary N) is 1. The third-order valence-corrected chi connectivity index (χ3v) is 6.03. The fraction of sp³-hybridized carbons (Fsp3) is 0.318. The predicted molar refractivity (Wildman–Crippen MR) is 110 cm³/mol. The molecular weight excluding hydrogens is 390 g/mol. The standard InChI is InChI=1S/C22H22ClN3O3/c1-15-4-2-3-5-18(15)19(27)25-12-10-22(11-13-25)20(28)26(21(29)24-22)14-16-6-8-17(23)9-7-16/h2-9H,10-14H2,1H3,(H,24,29). The maximum atomic E-state index is 13.1. The Balaban J connectivity index is 1.44. The summed E-state index contributed by atoms with van der Waals surface area (Å²) >= 11 is 5.90. The van der Waals surface area contributed by atoms with E-state index in [-0.39, 0.29) is 24.4 Å². The Hall–Kier alpha value is -2.86. The molecule has 0 saturated carbocycles. The second kappa shape index (κ2) is 7.52. The molecule has 150 valence electrons. The minimum Gasteiger partial charge on any atom is -0.338 e. The van der Waals surface area contributed by atoms with Crippen LogP contribution in [0.5, 0.6) is 0 Å². The zero-order valence-corrected chi connectivity index (χ0v) is 16.9. The topological polar surface area (TPSA) is 69.7 Å². The number of hydrogen-bond donors (Lipinski definition) is 1. The van der Waals surface area contributed by atoms with Gasteiger partial charge in [-0.3, -0.25) is 14.5 Å².